The number of hydrogen-bond donors (Lipinski definition) is 3. The standard InChI is InChI=1S/C33H29NO9/c1-15-11-19-25(21(35)12-15)27-28(34-20(33(40)43-32(19)34)13-17-7-4-3-5-8-17)31(39)26-18(30(27)38)9-6-10-23(26)42-24-14-22(36)29(37)16(2)41-24/h3-12,16,20,22,24,29,32,35-37H,13-14H2,1-2H3. The van der Waals surface area contributed by atoms with Crippen molar-refractivity contribution in [3.8, 4) is 11.5 Å². The number of carbonyl (C=O) groups excluding carboxylic acids is 3. The lowest BCUT2D eigenvalue weighted by Crippen LogP contribution is -2.48. The summed E-state index contributed by atoms with van der Waals surface area (Å²) in [4.78, 5) is 43.8. The molecular weight excluding hydrogens is 554 g/mol. The predicted octanol–water partition coefficient (Wildman–Crippen LogP) is 3.21. The highest BCUT2D eigenvalue weighted by atomic mass is 16.7. The number of carbonyl (C=O) groups is 3. The van der Waals surface area contributed by atoms with E-state index < -0.39 is 54.4 Å². The Kier molecular flexibility index (Phi) is 6.39. The number of Topliss-reactive ketones (excluding diaryl/α,β-unsaturated/α-hetero) is 2. The van der Waals surface area contributed by atoms with Gasteiger partial charge in [0.2, 0.25) is 18.3 Å². The molecule has 4 aliphatic rings. The van der Waals surface area contributed by atoms with Crippen LogP contribution in [0.3, 0.4) is 0 Å². The highest BCUT2D eigenvalue weighted by Gasteiger charge is 2.54. The van der Waals surface area contributed by atoms with E-state index in [2.05, 4.69) is 0 Å². The number of phenols is 1. The quantitative estimate of drug-likeness (QED) is 0.392. The van der Waals surface area contributed by atoms with Crippen molar-refractivity contribution in [2.45, 2.75) is 63.6 Å². The molecule has 0 radical (unpaired) electrons. The van der Waals surface area contributed by atoms with E-state index in [4.69, 9.17) is 14.2 Å². The molecule has 43 heavy (non-hydrogen) atoms. The molecule has 0 spiro atoms. The Morgan fingerprint density at radius 2 is 1.74 bits per heavy atom. The second kappa shape index (κ2) is 10.0. The van der Waals surface area contributed by atoms with Crippen molar-refractivity contribution in [1.29, 1.82) is 0 Å². The minimum Gasteiger partial charge on any atom is -0.507 e. The number of aromatic hydroxyl groups is 1. The van der Waals surface area contributed by atoms with Crippen LogP contribution in [0, 0.1) is 6.92 Å². The molecule has 0 amide bonds. The van der Waals surface area contributed by atoms with Crippen LogP contribution in [0.15, 0.2) is 66.4 Å². The van der Waals surface area contributed by atoms with Gasteiger partial charge < -0.3 is 34.4 Å². The number of nitrogens with zero attached hydrogens (tertiary/aromatic N) is 1. The molecular formula is C33H29NO9. The highest BCUT2D eigenvalue weighted by Crippen LogP contribution is 2.52. The topological polar surface area (TPSA) is 143 Å². The minimum atomic E-state index is -1.10. The van der Waals surface area contributed by atoms with Gasteiger partial charge in [0.15, 0.2) is 5.78 Å². The first-order chi connectivity index (χ1) is 20.6. The molecule has 0 aromatic heterocycles. The third-order valence-corrected chi connectivity index (χ3v) is 8.54. The molecule has 220 valence electrons. The van der Waals surface area contributed by atoms with Crippen LogP contribution in [-0.4, -0.2) is 68.4 Å². The van der Waals surface area contributed by atoms with E-state index in [1.807, 2.05) is 30.3 Å². The number of aryl methyl sites for hydroxylation is 1. The first-order valence-electron chi connectivity index (χ1n) is 14.2. The van der Waals surface area contributed by atoms with Crippen molar-refractivity contribution >= 4 is 23.1 Å². The summed E-state index contributed by atoms with van der Waals surface area (Å²) >= 11 is 0. The van der Waals surface area contributed by atoms with Gasteiger partial charge in [0.05, 0.1) is 23.3 Å². The molecule has 3 N–H and O–H groups in total. The van der Waals surface area contributed by atoms with Gasteiger partial charge in [0, 0.05) is 29.5 Å². The van der Waals surface area contributed by atoms with E-state index in [9.17, 15) is 29.7 Å². The van der Waals surface area contributed by atoms with Crippen LogP contribution in [0.1, 0.15) is 62.5 Å². The van der Waals surface area contributed by atoms with Crippen molar-refractivity contribution in [2.24, 2.45) is 0 Å². The van der Waals surface area contributed by atoms with Crippen molar-refractivity contribution < 1.29 is 43.9 Å². The van der Waals surface area contributed by atoms with Gasteiger partial charge in [-0.3, -0.25) is 9.59 Å². The van der Waals surface area contributed by atoms with Gasteiger partial charge in [0.1, 0.15) is 29.3 Å². The van der Waals surface area contributed by atoms with E-state index in [0.717, 1.165) is 5.56 Å². The first kappa shape index (κ1) is 27.3. The zero-order valence-electron chi connectivity index (χ0n) is 23.4. The second-order valence-electron chi connectivity index (χ2n) is 11.4. The number of aliphatic hydroxyl groups is 2. The molecule has 1 aliphatic carbocycles. The summed E-state index contributed by atoms with van der Waals surface area (Å²) in [5.74, 6) is -1.78. The number of aliphatic hydroxyl groups excluding tert-OH is 2. The number of hydrogen-bond acceptors (Lipinski definition) is 10. The number of rotatable bonds is 4. The van der Waals surface area contributed by atoms with E-state index in [-0.39, 0.29) is 52.3 Å². The Bertz CT molecular complexity index is 1700. The van der Waals surface area contributed by atoms with E-state index >= 15 is 0 Å². The number of ketones is 2. The fraction of sp³-hybridized carbons (Fsp3) is 0.303. The molecule has 3 heterocycles. The lowest BCUT2D eigenvalue weighted by molar-refractivity contribution is -0.216. The number of ether oxygens (including phenoxy) is 3. The van der Waals surface area contributed by atoms with Crippen molar-refractivity contribution in [3.05, 3.63) is 99.7 Å². The Hall–Kier alpha value is -4.51. The van der Waals surface area contributed by atoms with Gasteiger partial charge in [-0.15, -0.1) is 0 Å². The highest BCUT2D eigenvalue weighted by molar-refractivity contribution is 6.41. The third-order valence-electron chi connectivity index (χ3n) is 8.54. The molecule has 2 saturated heterocycles. The Labute approximate surface area is 246 Å². The fourth-order valence-corrected chi connectivity index (χ4v) is 6.54. The van der Waals surface area contributed by atoms with Crippen molar-refractivity contribution in [2.75, 3.05) is 0 Å². The van der Waals surface area contributed by atoms with Crippen LogP contribution >= 0.6 is 0 Å². The van der Waals surface area contributed by atoms with Crippen LogP contribution in [0.4, 0.5) is 0 Å². The van der Waals surface area contributed by atoms with Crippen LogP contribution in [0.25, 0.3) is 5.57 Å². The summed E-state index contributed by atoms with van der Waals surface area (Å²) in [7, 11) is 0. The van der Waals surface area contributed by atoms with Crippen LogP contribution in [-0.2, 0) is 20.7 Å². The molecule has 7 rings (SSSR count). The molecule has 0 saturated carbocycles. The zero-order valence-corrected chi connectivity index (χ0v) is 23.4. The monoisotopic (exact) mass is 583 g/mol. The summed E-state index contributed by atoms with van der Waals surface area (Å²) in [6.07, 6.45) is -4.78. The molecule has 3 aliphatic heterocycles. The number of esters is 1. The SMILES string of the molecule is Cc1cc(O)c2c(c1)C1OC(=O)C(Cc3ccccc3)N1C1=C2C(=O)c2cccc(OC3CC(O)C(O)C(C)O3)c2C1=O. The number of phenolic OH excluding ortho intramolecular Hbond substituents is 1. The smallest absolute Gasteiger partial charge is 0.331 e. The lowest BCUT2D eigenvalue weighted by Gasteiger charge is -2.39. The van der Waals surface area contributed by atoms with Crippen molar-refractivity contribution in [3.63, 3.8) is 0 Å². The maximum Gasteiger partial charge on any atom is 0.331 e. The summed E-state index contributed by atoms with van der Waals surface area (Å²) < 4.78 is 17.6. The molecule has 10 heteroatoms. The summed E-state index contributed by atoms with van der Waals surface area (Å²) in [6, 6.07) is 16.3. The van der Waals surface area contributed by atoms with Crippen molar-refractivity contribution in [1.82, 2.24) is 4.90 Å². The molecule has 0 bridgehead atoms. The van der Waals surface area contributed by atoms with E-state index in [1.165, 1.54) is 18.2 Å². The molecule has 2 fully saturated rings. The van der Waals surface area contributed by atoms with Gasteiger partial charge in [0.25, 0.3) is 0 Å². The van der Waals surface area contributed by atoms with Gasteiger partial charge >= 0.3 is 5.97 Å². The summed E-state index contributed by atoms with van der Waals surface area (Å²) in [6.45, 7) is 3.38. The number of fused-ring (bicyclic) bond motifs is 6. The van der Waals surface area contributed by atoms with E-state index in [1.54, 1.807) is 30.9 Å². The summed E-state index contributed by atoms with van der Waals surface area (Å²) in [5, 5.41) is 31.5. The third kappa shape index (κ3) is 4.24. The fourth-order valence-electron chi connectivity index (χ4n) is 6.54. The van der Waals surface area contributed by atoms with Gasteiger partial charge in [-0.2, -0.15) is 0 Å². The van der Waals surface area contributed by atoms with Gasteiger partial charge in [-0.1, -0.05) is 42.5 Å². The summed E-state index contributed by atoms with van der Waals surface area (Å²) in [5.41, 5.74) is 2.12. The van der Waals surface area contributed by atoms with Crippen LogP contribution in [0.5, 0.6) is 11.5 Å². The molecule has 6 atom stereocenters. The van der Waals surface area contributed by atoms with Crippen LogP contribution < -0.4 is 4.74 Å². The predicted molar refractivity (Wildman–Crippen MR) is 151 cm³/mol. The molecule has 10 nitrogen and oxygen atoms in total. The number of benzene rings is 3. The average molecular weight is 584 g/mol. The lowest BCUT2D eigenvalue weighted by atomic mass is 9.78. The Balaban J connectivity index is 1.37. The first-order valence-corrected chi connectivity index (χ1v) is 14.2. The zero-order chi connectivity index (χ0) is 30.2. The Morgan fingerprint density at radius 3 is 2.49 bits per heavy atom. The Morgan fingerprint density at radius 1 is 0.977 bits per heavy atom. The normalized spacial score (nSPS) is 27.7. The van der Waals surface area contributed by atoms with Crippen LogP contribution in [0.2, 0.25) is 0 Å². The molecule has 3 aromatic carbocycles. The number of allylic oxidation sites excluding steroid dienone is 2. The largest absolute Gasteiger partial charge is 0.507 e. The average Bonchev–Trinajstić information content (AvgIpc) is 3.30. The maximum absolute atomic E-state index is 14.6. The maximum atomic E-state index is 14.6. The van der Waals surface area contributed by atoms with Gasteiger partial charge in [-0.25, -0.2) is 4.79 Å². The minimum absolute atomic E-state index is 0.00385. The van der Waals surface area contributed by atoms with Gasteiger partial charge in [-0.05, 0) is 43.2 Å². The molecule has 3 aromatic rings. The van der Waals surface area contributed by atoms with E-state index in [0.29, 0.717) is 11.1 Å². The second-order valence-corrected chi connectivity index (χ2v) is 11.4. The molecule has 6 unspecified atom stereocenters.